The summed E-state index contributed by atoms with van der Waals surface area (Å²) in [6.07, 6.45) is 15.3. The number of carbonyl (C=O) groups is 1. The van der Waals surface area contributed by atoms with E-state index in [0.717, 1.165) is 24.7 Å². The molecule has 142 valence electrons. The highest BCUT2D eigenvalue weighted by atomic mass is 16.1. The molecule has 5 rings (SSSR count). The Morgan fingerprint density at radius 1 is 1.15 bits per heavy atom. The first-order valence-electron chi connectivity index (χ1n) is 10.8. The summed E-state index contributed by atoms with van der Waals surface area (Å²) in [6, 6.07) is 4.30. The number of rotatable bonds is 1. The van der Waals surface area contributed by atoms with Gasteiger partial charge in [0.05, 0.1) is 0 Å². The van der Waals surface area contributed by atoms with Gasteiger partial charge in [-0.2, -0.15) is 0 Å². The molecule has 2 heteroatoms. The second-order valence-corrected chi connectivity index (χ2v) is 10.0. The van der Waals surface area contributed by atoms with Crippen LogP contribution in [0.2, 0.25) is 0 Å². The number of hydrogen-bond donors (Lipinski definition) is 0. The third-order valence-corrected chi connectivity index (χ3v) is 8.82. The fourth-order valence-corrected chi connectivity index (χ4v) is 7.38. The van der Waals surface area contributed by atoms with Crippen LogP contribution in [-0.2, 0) is 4.79 Å². The van der Waals surface area contributed by atoms with Crippen LogP contribution in [0.25, 0.3) is 5.57 Å². The van der Waals surface area contributed by atoms with Crippen molar-refractivity contribution in [2.45, 2.75) is 59.3 Å². The third-order valence-electron chi connectivity index (χ3n) is 8.82. The molecule has 1 aromatic rings. The standard InChI is InChI=1S/C25H31NO/c1-16-13-18-14-19(27)8-10-24(18,2)22-9-11-25(3)20(6-7-21(25)23(16)22)17-5-4-12-26-15-17/h4-6,12-13,15-16,21-23H,7-11,14H2,1-3H3/t16?,21-,22-,23-,24-,25+/m0/s1. The molecule has 0 N–H and O–H groups in total. The fourth-order valence-electron chi connectivity index (χ4n) is 7.38. The molecule has 1 unspecified atom stereocenters. The lowest BCUT2D eigenvalue weighted by Gasteiger charge is -2.59. The van der Waals surface area contributed by atoms with E-state index in [9.17, 15) is 4.79 Å². The van der Waals surface area contributed by atoms with Crippen LogP contribution in [0.1, 0.15) is 64.9 Å². The molecule has 27 heavy (non-hydrogen) atoms. The third kappa shape index (κ3) is 2.38. The van der Waals surface area contributed by atoms with Crippen LogP contribution in [-0.4, -0.2) is 10.8 Å². The zero-order valence-electron chi connectivity index (χ0n) is 16.9. The van der Waals surface area contributed by atoms with Crippen molar-refractivity contribution in [2.75, 3.05) is 0 Å². The summed E-state index contributed by atoms with van der Waals surface area (Å²) in [6.45, 7) is 7.40. The van der Waals surface area contributed by atoms with E-state index >= 15 is 0 Å². The predicted octanol–water partition coefficient (Wildman–Crippen LogP) is 5.85. The number of pyridine rings is 1. The second-order valence-electron chi connectivity index (χ2n) is 10.0. The summed E-state index contributed by atoms with van der Waals surface area (Å²) in [7, 11) is 0. The Hall–Kier alpha value is -1.70. The van der Waals surface area contributed by atoms with E-state index in [1.807, 2.05) is 12.4 Å². The molecule has 2 nitrogen and oxygen atoms in total. The fraction of sp³-hybridized carbons (Fsp3) is 0.600. The van der Waals surface area contributed by atoms with Crippen molar-refractivity contribution in [1.29, 1.82) is 0 Å². The molecule has 0 radical (unpaired) electrons. The average Bonchev–Trinajstić information content (AvgIpc) is 3.01. The molecule has 2 saturated carbocycles. The van der Waals surface area contributed by atoms with Gasteiger partial charge in [0.25, 0.3) is 0 Å². The Balaban J connectivity index is 1.52. The summed E-state index contributed by atoms with van der Waals surface area (Å²) in [5.41, 5.74) is 4.84. The van der Waals surface area contributed by atoms with Gasteiger partial charge in [0.2, 0.25) is 0 Å². The maximum atomic E-state index is 12.1. The van der Waals surface area contributed by atoms with Crippen molar-refractivity contribution in [3.05, 3.63) is 47.8 Å². The van der Waals surface area contributed by atoms with E-state index in [1.165, 1.54) is 36.0 Å². The van der Waals surface area contributed by atoms with Gasteiger partial charge in [0.15, 0.2) is 0 Å². The first-order chi connectivity index (χ1) is 12.9. The van der Waals surface area contributed by atoms with Crippen molar-refractivity contribution in [3.63, 3.8) is 0 Å². The van der Waals surface area contributed by atoms with Crippen molar-refractivity contribution in [1.82, 2.24) is 4.98 Å². The number of carbonyl (C=O) groups excluding carboxylic acids is 1. The van der Waals surface area contributed by atoms with E-state index in [4.69, 9.17) is 0 Å². The molecule has 0 saturated heterocycles. The monoisotopic (exact) mass is 361 g/mol. The molecular formula is C25H31NO. The number of fused-ring (bicyclic) bond motifs is 5. The van der Waals surface area contributed by atoms with E-state index in [-0.39, 0.29) is 10.8 Å². The van der Waals surface area contributed by atoms with Gasteiger partial charge in [-0.05, 0) is 77.4 Å². The van der Waals surface area contributed by atoms with Crippen molar-refractivity contribution in [3.8, 4) is 0 Å². The highest BCUT2D eigenvalue weighted by Gasteiger charge is 2.58. The number of ketones is 1. The van der Waals surface area contributed by atoms with Crippen molar-refractivity contribution in [2.24, 2.45) is 34.5 Å². The van der Waals surface area contributed by atoms with Crippen LogP contribution in [0, 0.1) is 34.5 Å². The Kier molecular flexibility index (Phi) is 3.80. The van der Waals surface area contributed by atoms with Gasteiger partial charge >= 0.3 is 0 Å². The molecule has 0 aromatic carbocycles. The molecule has 2 fully saturated rings. The summed E-state index contributed by atoms with van der Waals surface area (Å²) >= 11 is 0. The summed E-state index contributed by atoms with van der Waals surface area (Å²) in [5, 5.41) is 0. The van der Waals surface area contributed by atoms with E-state index in [0.29, 0.717) is 24.0 Å². The Labute approximate surface area is 163 Å². The van der Waals surface area contributed by atoms with Gasteiger partial charge in [0.1, 0.15) is 5.78 Å². The Morgan fingerprint density at radius 2 is 2.00 bits per heavy atom. The normalized spacial score (nSPS) is 43.3. The molecule has 0 spiro atoms. The molecule has 0 aliphatic heterocycles. The maximum absolute atomic E-state index is 12.1. The van der Waals surface area contributed by atoms with Gasteiger partial charge < -0.3 is 0 Å². The second kappa shape index (κ2) is 5.90. The topological polar surface area (TPSA) is 30.0 Å². The molecule has 6 atom stereocenters. The number of nitrogens with zero attached hydrogens (tertiary/aromatic N) is 1. The molecular weight excluding hydrogens is 330 g/mol. The van der Waals surface area contributed by atoms with Crippen molar-refractivity contribution < 1.29 is 4.79 Å². The number of Topliss-reactive ketones (excluding diaryl/α,β-unsaturated/α-hetero) is 1. The smallest absolute Gasteiger partial charge is 0.136 e. The molecule has 1 aromatic heterocycles. The number of hydrogen-bond acceptors (Lipinski definition) is 2. The Bertz CT molecular complexity index is 837. The number of allylic oxidation sites excluding steroid dienone is 4. The Morgan fingerprint density at radius 3 is 2.78 bits per heavy atom. The van der Waals surface area contributed by atoms with Gasteiger partial charge in [-0.1, -0.05) is 44.6 Å². The van der Waals surface area contributed by atoms with E-state index in [1.54, 1.807) is 0 Å². The minimum atomic E-state index is 0.253. The minimum Gasteiger partial charge on any atom is -0.299 e. The molecule has 4 aliphatic rings. The molecule has 1 heterocycles. The van der Waals surface area contributed by atoms with E-state index in [2.05, 4.69) is 50.0 Å². The minimum absolute atomic E-state index is 0.253. The van der Waals surface area contributed by atoms with Gasteiger partial charge in [0, 0.05) is 25.2 Å². The van der Waals surface area contributed by atoms with Gasteiger partial charge in [-0.25, -0.2) is 0 Å². The summed E-state index contributed by atoms with van der Waals surface area (Å²) in [4.78, 5) is 16.5. The average molecular weight is 362 g/mol. The van der Waals surface area contributed by atoms with Gasteiger partial charge in [-0.3, -0.25) is 9.78 Å². The molecule has 0 bridgehead atoms. The van der Waals surface area contributed by atoms with Crippen LogP contribution in [0.5, 0.6) is 0 Å². The quantitative estimate of drug-likeness (QED) is 0.587. The van der Waals surface area contributed by atoms with Crippen LogP contribution < -0.4 is 0 Å². The SMILES string of the molecule is CC1C=C2CC(=O)CC[C@]2(C)[C@H]2CC[C@]3(C)C(c4cccnc4)=CC[C@H]3[C@H]12. The summed E-state index contributed by atoms with van der Waals surface area (Å²) < 4.78 is 0. The van der Waals surface area contributed by atoms with Crippen LogP contribution in [0.15, 0.2) is 42.3 Å². The highest BCUT2D eigenvalue weighted by molar-refractivity contribution is 5.82. The van der Waals surface area contributed by atoms with Crippen LogP contribution in [0.3, 0.4) is 0 Å². The lowest BCUT2D eigenvalue weighted by Crippen LogP contribution is -2.51. The predicted molar refractivity (Wildman–Crippen MR) is 109 cm³/mol. The van der Waals surface area contributed by atoms with E-state index < -0.39 is 0 Å². The first-order valence-corrected chi connectivity index (χ1v) is 10.8. The van der Waals surface area contributed by atoms with Gasteiger partial charge in [-0.15, -0.1) is 0 Å². The largest absolute Gasteiger partial charge is 0.299 e. The number of aromatic nitrogens is 1. The lowest BCUT2D eigenvalue weighted by atomic mass is 9.45. The zero-order valence-corrected chi connectivity index (χ0v) is 16.9. The highest BCUT2D eigenvalue weighted by Crippen LogP contribution is 2.67. The first kappa shape index (κ1) is 17.4. The molecule has 0 amide bonds. The van der Waals surface area contributed by atoms with Crippen LogP contribution in [0.4, 0.5) is 0 Å². The van der Waals surface area contributed by atoms with Crippen LogP contribution >= 0.6 is 0 Å². The maximum Gasteiger partial charge on any atom is 0.136 e. The molecule has 4 aliphatic carbocycles. The summed E-state index contributed by atoms with van der Waals surface area (Å²) in [5.74, 6) is 3.21. The van der Waals surface area contributed by atoms with Crippen molar-refractivity contribution >= 4 is 11.4 Å². The zero-order chi connectivity index (χ0) is 18.8. The lowest BCUT2D eigenvalue weighted by molar-refractivity contribution is -0.122.